The molecule has 0 unspecified atom stereocenters. The van der Waals surface area contributed by atoms with Gasteiger partial charge in [-0.2, -0.15) is 0 Å². The minimum absolute atomic E-state index is 0. The van der Waals surface area contributed by atoms with Crippen LogP contribution in [0.5, 0.6) is 0 Å². The van der Waals surface area contributed by atoms with E-state index in [0.717, 1.165) is 25.5 Å². The van der Waals surface area contributed by atoms with Crippen LogP contribution in [-0.2, 0) is 13.6 Å². The molecule has 0 aliphatic rings. The van der Waals surface area contributed by atoms with E-state index in [1.807, 2.05) is 20.2 Å². The second-order valence-electron chi connectivity index (χ2n) is 5.15. The van der Waals surface area contributed by atoms with E-state index in [9.17, 15) is 0 Å². The lowest BCUT2D eigenvalue weighted by Crippen LogP contribution is -2.38. The zero-order valence-corrected chi connectivity index (χ0v) is 15.8. The second-order valence-corrected chi connectivity index (χ2v) is 5.15. The van der Waals surface area contributed by atoms with Crippen molar-refractivity contribution in [2.45, 2.75) is 32.2 Å². The van der Waals surface area contributed by atoms with Crippen molar-refractivity contribution in [3.05, 3.63) is 36.7 Å². The molecule has 1 rings (SSSR count). The molecule has 0 aliphatic carbocycles. The Hall–Kier alpha value is -0.980. The summed E-state index contributed by atoms with van der Waals surface area (Å²) in [4.78, 5) is 6.52. The maximum atomic E-state index is 4.33. The van der Waals surface area contributed by atoms with E-state index in [1.54, 1.807) is 0 Å². The molecule has 0 amide bonds. The Labute approximate surface area is 146 Å². The fourth-order valence-corrected chi connectivity index (χ4v) is 2.15. The van der Waals surface area contributed by atoms with Gasteiger partial charge in [0.05, 0.1) is 0 Å². The van der Waals surface area contributed by atoms with Crippen LogP contribution < -0.4 is 5.32 Å². The first-order valence-corrected chi connectivity index (χ1v) is 7.31. The van der Waals surface area contributed by atoms with Crippen LogP contribution in [-0.4, -0.2) is 36.1 Å². The van der Waals surface area contributed by atoms with E-state index in [1.165, 1.54) is 24.8 Å². The van der Waals surface area contributed by atoms with Crippen molar-refractivity contribution in [3.8, 4) is 0 Å². The van der Waals surface area contributed by atoms with Gasteiger partial charge in [-0.15, -0.1) is 30.6 Å². The van der Waals surface area contributed by atoms with Crippen molar-refractivity contribution in [2.75, 3.05) is 20.6 Å². The van der Waals surface area contributed by atoms with Crippen molar-refractivity contribution in [1.29, 1.82) is 0 Å². The summed E-state index contributed by atoms with van der Waals surface area (Å²) in [6, 6.07) is 2.12. The highest BCUT2D eigenvalue weighted by molar-refractivity contribution is 14.0. The molecule has 1 N–H and O–H groups in total. The molecule has 0 aliphatic heterocycles. The van der Waals surface area contributed by atoms with Gasteiger partial charge in [-0.05, 0) is 30.9 Å². The summed E-state index contributed by atoms with van der Waals surface area (Å²) < 4.78 is 2.06. The number of unbranched alkanes of at least 4 members (excludes halogenated alkanes) is 3. The Bertz CT molecular complexity index is 426. The Balaban J connectivity index is 0.00000400. The van der Waals surface area contributed by atoms with Crippen LogP contribution in [0.3, 0.4) is 0 Å². The van der Waals surface area contributed by atoms with Gasteiger partial charge in [0.25, 0.3) is 0 Å². The van der Waals surface area contributed by atoms with Gasteiger partial charge in [0.15, 0.2) is 5.96 Å². The molecule has 0 saturated heterocycles. The molecule has 0 radical (unpaired) electrons. The van der Waals surface area contributed by atoms with E-state index in [4.69, 9.17) is 0 Å². The predicted molar refractivity (Wildman–Crippen MR) is 102 cm³/mol. The van der Waals surface area contributed by atoms with Gasteiger partial charge in [0, 0.05) is 46.6 Å². The number of aliphatic imine (C=N–C) groups is 1. The third-order valence-corrected chi connectivity index (χ3v) is 3.32. The smallest absolute Gasteiger partial charge is 0.193 e. The number of hydrogen-bond acceptors (Lipinski definition) is 1. The minimum atomic E-state index is 0. The lowest BCUT2D eigenvalue weighted by molar-refractivity contribution is 0.455. The summed E-state index contributed by atoms with van der Waals surface area (Å²) in [5.41, 5.74) is 1.27. The Morgan fingerprint density at radius 1 is 1.43 bits per heavy atom. The molecule has 0 fully saturated rings. The fourth-order valence-electron chi connectivity index (χ4n) is 2.15. The number of nitrogens with one attached hydrogen (secondary N) is 1. The van der Waals surface area contributed by atoms with Gasteiger partial charge in [-0.25, -0.2) is 0 Å². The van der Waals surface area contributed by atoms with Crippen molar-refractivity contribution >= 4 is 29.9 Å². The highest BCUT2D eigenvalue weighted by Gasteiger charge is 2.05. The summed E-state index contributed by atoms with van der Waals surface area (Å²) in [6.45, 7) is 5.60. The summed E-state index contributed by atoms with van der Waals surface area (Å²) in [6.07, 6.45) is 10.9. The molecule has 5 heteroatoms. The van der Waals surface area contributed by atoms with Gasteiger partial charge in [-0.3, -0.25) is 4.99 Å². The normalized spacial score (nSPS) is 10.9. The van der Waals surface area contributed by atoms with Crippen LogP contribution >= 0.6 is 24.0 Å². The van der Waals surface area contributed by atoms with Crippen molar-refractivity contribution in [1.82, 2.24) is 14.8 Å². The molecule has 120 valence electrons. The van der Waals surface area contributed by atoms with Gasteiger partial charge < -0.3 is 14.8 Å². The van der Waals surface area contributed by atoms with E-state index in [-0.39, 0.29) is 24.0 Å². The van der Waals surface area contributed by atoms with Crippen LogP contribution in [0.25, 0.3) is 0 Å². The van der Waals surface area contributed by atoms with E-state index in [0.29, 0.717) is 0 Å². The van der Waals surface area contributed by atoms with Gasteiger partial charge >= 0.3 is 0 Å². The molecule has 1 heterocycles. The van der Waals surface area contributed by atoms with Gasteiger partial charge in [0.2, 0.25) is 0 Å². The second kappa shape index (κ2) is 11.7. The lowest BCUT2D eigenvalue weighted by atomic mass is 10.2. The van der Waals surface area contributed by atoms with Crippen LogP contribution in [0.4, 0.5) is 0 Å². The monoisotopic (exact) mass is 404 g/mol. The Morgan fingerprint density at radius 2 is 2.19 bits per heavy atom. The number of halogens is 1. The predicted octanol–water partition coefficient (Wildman–Crippen LogP) is 3.40. The molecular weight excluding hydrogens is 375 g/mol. The first-order valence-electron chi connectivity index (χ1n) is 7.31. The first-order chi connectivity index (χ1) is 9.67. The first kappa shape index (κ1) is 20.0. The number of nitrogens with zero attached hydrogens (tertiary/aromatic N) is 3. The van der Waals surface area contributed by atoms with Crippen molar-refractivity contribution in [2.24, 2.45) is 12.0 Å². The highest BCUT2D eigenvalue weighted by Crippen LogP contribution is 2.02. The molecule has 0 atom stereocenters. The van der Waals surface area contributed by atoms with E-state index >= 15 is 0 Å². The lowest BCUT2D eigenvalue weighted by Gasteiger charge is -2.21. The Kier molecular flexibility index (Phi) is 11.1. The molecule has 0 saturated carbocycles. The van der Waals surface area contributed by atoms with E-state index in [2.05, 4.69) is 51.9 Å². The third-order valence-electron chi connectivity index (χ3n) is 3.32. The summed E-state index contributed by atoms with van der Waals surface area (Å²) in [5, 5.41) is 3.40. The topological polar surface area (TPSA) is 32.6 Å². The van der Waals surface area contributed by atoms with Gasteiger partial charge in [-0.1, -0.05) is 12.5 Å². The fraction of sp³-hybridized carbons (Fsp3) is 0.562. The van der Waals surface area contributed by atoms with Crippen LogP contribution in [0.1, 0.15) is 31.2 Å². The molecule has 0 bridgehead atoms. The minimum Gasteiger partial charge on any atom is -0.357 e. The van der Waals surface area contributed by atoms with E-state index < -0.39 is 0 Å². The molecule has 4 nitrogen and oxygen atoms in total. The molecule has 0 spiro atoms. The van der Waals surface area contributed by atoms with Gasteiger partial charge in [0.1, 0.15) is 0 Å². The number of guanidine groups is 1. The SMILES string of the molecule is C=CCCCCCN(C)C(=NC)NCc1ccn(C)c1.I. The largest absolute Gasteiger partial charge is 0.357 e. The quantitative estimate of drug-likeness (QED) is 0.237. The molecule has 1 aromatic rings. The number of hydrogen-bond donors (Lipinski definition) is 1. The highest BCUT2D eigenvalue weighted by atomic mass is 127. The zero-order valence-electron chi connectivity index (χ0n) is 13.5. The molecule has 21 heavy (non-hydrogen) atoms. The third kappa shape index (κ3) is 8.14. The number of rotatable bonds is 8. The zero-order chi connectivity index (χ0) is 14.8. The number of aryl methyl sites for hydroxylation is 1. The average molecular weight is 404 g/mol. The number of aromatic nitrogens is 1. The average Bonchev–Trinajstić information content (AvgIpc) is 2.85. The van der Waals surface area contributed by atoms with Crippen molar-refractivity contribution < 1.29 is 0 Å². The molecule has 0 aromatic carbocycles. The maximum absolute atomic E-state index is 4.33. The summed E-state index contributed by atoms with van der Waals surface area (Å²) in [5.74, 6) is 0.956. The standard InChI is InChI=1S/C16H28N4.HI/c1-5-6-7-8-9-11-20(4)16(17-2)18-13-15-10-12-19(3)14-15;/h5,10,12,14H,1,6-9,11,13H2,2-4H3,(H,17,18);1H. The van der Waals surface area contributed by atoms with Crippen LogP contribution in [0.15, 0.2) is 36.1 Å². The van der Waals surface area contributed by atoms with Crippen LogP contribution in [0.2, 0.25) is 0 Å². The van der Waals surface area contributed by atoms with Crippen molar-refractivity contribution in [3.63, 3.8) is 0 Å². The summed E-state index contributed by atoms with van der Waals surface area (Å²) >= 11 is 0. The van der Waals surface area contributed by atoms with Crippen LogP contribution in [0, 0.1) is 0 Å². The Morgan fingerprint density at radius 3 is 2.76 bits per heavy atom. The maximum Gasteiger partial charge on any atom is 0.193 e. The molecular formula is C16H29IN4. The summed E-state index contributed by atoms with van der Waals surface area (Å²) in [7, 11) is 5.96. The number of allylic oxidation sites excluding steroid dienone is 1. The molecule has 1 aromatic heterocycles.